The third kappa shape index (κ3) is 8.23. The summed E-state index contributed by atoms with van der Waals surface area (Å²) in [5.41, 5.74) is 0.146. The van der Waals surface area contributed by atoms with Gasteiger partial charge in [-0.25, -0.2) is 9.59 Å². The van der Waals surface area contributed by atoms with Gasteiger partial charge in [0, 0.05) is 5.56 Å². The molecule has 3 aromatic rings. The summed E-state index contributed by atoms with van der Waals surface area (Å²) in [6.07, 6.45) is -1.34. The molecule has 0 bridgehead atoms. The van der Waals surface area contributed by atoms with Crippen molar-refractivity contribution in [3.05, 3.63) is 65.7 Å². The first-order valence-corrected chi connectivity index (χ1v) is 11.3. The highest BCUT2D eigenvalue weighted by atomic mass is 16.6. The fourth-order valence-electron chi connectivity index (χ4n) is 3.23. The number of esters is 1. The first-order valence-electron chi connectivity index (χ1n) is 11.3. The second kappa shape index (κ2) is 11.9. The number of hydrogen-bond acceptors (Lipinski definition) is 9. The molecule has 0 fully saturated rings. The van der Waals surface area contributed by atoms with Gasteiger partial charge < -0.3 is 19.9 Å². The summed E-state index contributed by atoms with van der Waals surface area (Å²) in [4.78, 5) is 50.3. The normalized spacial score (nSPS) is 11.9. The maximum absolute atomic E-state index is 13.0. The van der Waals surface area contributed by atoms with Crippen molar-refractivity contribution in [1.82, 2.24) is 25.5 Å². The monoisotopic (exact) mass is 509 g/mol. The van der Waals surface area contributed by atoms with E-state index in [1.54, 1.807) is 57.2 Å². The van der Waals surface area contributed by atoms with E-state index in [0.717, 1.165) is 10.4 Å². The minimum atomic E-state index is -1.29. The number of aromatic carboxylic acids is 1. The predicted molar refractivity (Wildman–Crippen MR) is 129 cm³/mol. The molecule has 37 heavy (non-hydrogen) atoms. The van der Waals surface area contributed by atoms with Crippen molar-refractivity contribution < 1.29 is 33.8 Å². The second-order valence-corrected chi connectivity index (χ2v) is 9.01. The molecule has 0 aliphatic heterocycles. The molecule has 1 aromatic heterocycles. The summed E-state index contributed by atoms with van der Waals surface area (Å²) < 4.78 is 10.5. The number of carbonyl (C=O) groups is 4. The molecule has 0 saturated heterocycles. The number of tetrazole rings is 1. The lowest BCUT2D eigenvalue weighted by atomic mass is 10.1. The molecular weight excluding hydrogens is 482 g/mol. The van der Waals surface area contributed by atoms with E-state index in [1.165, 1.54) is 12.1 Å². The molecule has 0 saturated carbocycles. The third-order valence-corrected chi connectivity index (χ3v) is 4.83. The van der Waals surface area contributed by atoms with Crippen molar-refractivity contribution in [2.45, 2.75) is 52.0 Å². The fraction of sp³-hybridized carbons (Fsp3) is 0.320. The van der Waals surface area contributed by atoms with Crippen LogP contribution in [-0.4, -0.2) is 60.8 Å². The minimum absolute atomic E-state index is 0.00437. The van der Waals surface area contributed by atoms with Crippen LogP contribution in [0.15, 0.2) is 54.6 Å². The van der Waals surface area contributed by atoms with E-state index in [2.05, 4.69) is 20.7 Å². The van der Waals surface area contributed by atoms with Gasteiger partial charge in [-0.1, -0.05) is 48.5 Å². The summed E-state index contributed by atoms with van der Waals surface area (Å²) >= 11 is 0. The van der Waals surface area contributed by atoms with Crippen LogP contribution < -0.4 is 5.32 Å². The number of ketones is 1. The summed E-state index contributed by atoms with van der Waals surface area (Å²) in [6.45, 7) is 4.56. The third-order valence-electron chi connectivity index (χ3n) is 4.83. The Hall–Kier alpha value is -4.61. The van der Waals surface area contributed by atoms with E-state index < -0.39 is 48.4 Å². The summed E-state index contributed by atoms with van der Waals surface area (Å²) in [6, 6.07) is 13.7. The van der Waals surface area contributed by atoms with Gasteiger partial charge in [-0.05, 0) is 37.6 Å². The van der Waals surface area contributed by atoms with Crippen LogP contribution in [0.1, 0.15) is 43.1 Å². The number of amides is 1. The molecule has 3 rings (SSSR count). The van der Waals surface area contributed by atoms with Gasteiger partial charge in [-0.3, -0.25) is 9.59 Å². The molecule has 0 aliphatic rings. The maximum Gasteiger partial charge on any atom is 0.408 e. The van der Waals surface area contributed by atoms with Crippen LogP contribution in [0.25, 0.3) is 11.4 Å². The number of benzene rings is 2. The SMILES string of the molecule is CC(C)(C)OC(=O)CC(NC(=O)OCc1ccccc1)C(=O)Cn1nnc(-c2ccccc2C(=O)O)n1. The number of nitrogens with one attached hydrogen (secondary N) is 1. The molecular formula is C25H27N5O7. The van der Waals surface area contributed by atoms with E-state index in [1.807, 2.05) is 6.07 Å². The Kier molecular flexibility index (Phi) is 8.67. The van der Waals surface area contributed by atoms with Crippen molar-refractivity contribution in [2.75, 3.05) is 0 Å². The van der Waals surface area contributed by atoms with E-state index in [9.17, 15) is 24.3 Å². The molecule has 12 nitrogen and oxygen atoms in total. The van der Waals surface area contributed by atoms with Gasteiger partial charge in [0.2, 0.25) is 5.82 Å². The summed E-state index contributed by atoms with van der Waals surface area (Å²) in [5, 5.41) is 23.5. The zero-order valence-electron chi connectivity index (χ0n) is 20.6. The van der Waals surface area contributed by atoms with Gasteiger partial charge >= 0.3 is 18.0 Å². The average Bonchev–Trinajstić information content (AvgIpc) is 3.30. The number of carbonyl (C=O) groups excluding carboxylic acids is 3. The zero-order chi connectivity index (χ0) is 27.0. The lowest BCUT2D eigenvalue weighted by Gasteiger charge is -2.22. The van der Waals surface area contributed by atoms with Crippen LogP contribution in [0.4, 0.5) is 4.79 Å². The Morgan fingerprint density at radius 2 is 1.70 bits per heavy atom. The Morgan fingerprint density at radius 3 is 2.38 bits per heavy atom. The number of carboxylic acids is 1. The average molecular weight is 510 g/mol. The van der Waals surface area contributed by atoms with Gasteiger partial charge in [0.1, 0.15) is 24.8 Å². The van der Waals surface area contributed by atoms with Crippen LogP contribution in [0.5, 0.6) is 0 Å². The van der Waals surface area contributed by atoms with Crippen molar-refractivity contribution in [1.29, 1.82) is 0 Å². The van der Waals surface area contributed by atoms with Crippen LogP contribution in [0.2, 0.25) is 0 Å². The van der Waals surface area contributed by atoms with E-state index in [4.69, 9.17) is 9.47 Å². The van der Waals surface area contributed by atoms with E-state index in [-0.39, 0.29) is 23.6 Å². The smallest absolute Gasteiger partial charge is 0.408 e. The van der Waals surface area contributed by atoms with Gasteiger partial charge in [-0.15, -0.1) is 10.2 Å². The highest BCUT2D eigenvalue weighted by molar-refractivity contribution is 5.95. The molecule has 1 heterocycles. The number of carboxylic acid groups (broad SMARTS) is 1. The van der Waals surface area contributed by atoms with Crippen molar-refractivity contribution in [3.63, 3.8) is 0 Å². The summed E-state index contributed by atoms with van der Waals surface area (Å²) in [7, 11) is 0. The first kappa shape index (κ1) is 27.0. The number of alkyl carbamates (subject to hydrolysis) is 1. The van der Waals surface area contributed by atoms with Crippen molar-refractivity contribution in [3.8, 4) is 11.4 Å². The Balaban J connectivity index is 1.72. The van der Waals surface area contributed by atoms with Crippen LogP contribution >= 0.6 is 0 Å². The number of rotatable bonds is 10. The molecule has 2 aromatic carbocycles. The summed E-state index contributed by atoms with van der Waals surface area (Å²) in [5.74, 6) is -2.47. The molecule has 1 amide bonds. The lowest BCUT2D eigenvalue weighted by molar-refractivity contribution is -0.156. The number of Topliss-reactive ketones (excluding diaryl/α,β-unsaturated/α-hetero) is 1. The molecule has 0 aliphatic carbocycles. The topological polar surface area (TPSA) is 163 Å². The van der Waals surface area contributed by atoms with Crippen LogP contribution in [0, 0.1) is 0 Å². The standard InChI is InChI=1S/C25H27N5O7/c1-25(2,3)37-21(32)13-19(26-24(35)36-15-16-9-5-4-6-10-16)20(31)14-30-28-22(27-29-30)17-11-7-8-12-18(17)23(33)34/h4-12,19H,13-15H2,1-3H3,(H,26,35)(H,33,34). The molecule has 1 unspecified atom stereocenters. The molecule has 1 atom stereocenters. The lowest BCUT2D eigenvalue weighted by Crippen LogP contribution is -2.45. The zero-order valence-corrected chi connectivity index (χ0v) is 20.6. The van der Waals surface area contributed by atoms with Crippen molar-refractivity contribution in [2.24, 2.45) is 0 Å². The Labute approximate surface area is 212 Å². The van der Waals surface area contributed by atoms with E-state index >= 15 is 0 Å². The number of nitrogens with zero attached hydrogens (tertiary/aromatic N) is 4. The Bertz CT molecular complexity index is 1270. The van der Waals surface area contributed by atoms with Gasteiger partial charge in [0.05, 0.1) is 12.0 Å². The maximum atomic E-state index is 13.0. The highest BCUT2D eigenvalue weighted by Gasteiger charge is 2.28. The number of ether oxygens (including phenoxy) is 2. The van der Waals surface area contributed by atoms with Gasteiger partial charge in [-0.2, -0.15) is 4.80 Å². The molecule has 12 heteroatoms. The molecule has 0 radical (unpaired) electrons. The second-order valence-electron chi connectivity index (χ2n) is 9.01. The highest BCUT2D eigenvalue weighted by Crippen LogP contribution is 2.19. The molecule has 194 valence electrons. The molecule has 0 spiro atoms. The van der Waals surface area contributed by atoms with Gasteiger partial charge in [0.15, 0.2) is 5.78 Å². The fourth-order valence-corrected chi connectivity index (χ4v) is 3.23. The van der Waals surface area contributed by atoms with Crippen molar-refractivity contribution >= 4 is 23.8 Å². The first-order chi connectivity index (χ1) is 17.5. The largest absolute Gasteiger partial charge is 0.478 e. The Morgan fingerprint density at radius 1 is 1.03 bits per heavy atom. The molecule has 2 N–H and O–H groups in total. The quantitative estimate of drug-likeness (QED) is 0.388. The number of aromatic nitrogens is 4. The van der Waals surface area contributed by atoms with Crippen LogP contribution in [0.3, 0.4) is 0 Å². The van der Waals surface area contributed by atoms with Crippen LogP contribution in [-0.2, 0) is 32.2 Å². The predicted octanol–water partition coefficient (Wildman–Crippen LogP) is 2.63. The minimum Gasteiger partial charge on any atom is -0.478 e. The van der Waals surface area contributed by atoms with Gasteiger partial charge in [0.25, 0.3) is 0 Å². The van der Waals surface area contributed by atoms with E-state index in [0.29, 0.717) is 0 Å². The number of hydrogen-bond donors (Lipinski definition) is 2.